The monoisotopic (exact) mass is 422 g/mol. The molecule has 0 bridgehead atoms. The zero-order valence-corrected chi connectivity index (χ0v) is 15.6. The van der Waals surface area contributed by atoms with Gasteiger partial charge in [0.1, 0.15) is 41.7 Å². The van der Waals surface area contributed by atoms with Crippen LogP contribution in [0.1, 0.15) is 17.2 Å². The summed E-state index contributed by atoms with van der Waals surface area (Å²) in [6.45, 7) is -0.241. The average Bonchev–Trinajstić information content (AvgIpc) is 2.71. The largest absolute Gasteiger partial charge is 0.507 e. The summed E-state index contributed by atoms with van der Waals surface area (Å²) in [4.78, 5) is 0. The van der Waals surface area contributed by atoms with Crippen LogP contribution < -0.4 is 9.47 Å². The summed E-state index contributed by atoms with van der Waals surface area (Å²) >= 11 is 0. The van der Waals surface area contributed by atoms with Crippen molar-refractivity contribution in [1.82, 2.24) is 0 Å². The first-order valence-electron chi connectivity index (χ1n) is 9.29. The van der Waals surface area contributed by atoms with Gasteiger partial charge in [-0.1, -0.05) is 6.07 Å². The first kappa shape index (κ1) is 20.5. The minimum Gasteiger partial charge on any atom is -0.507 e. The Balaban J connectivity index is 1.58. The number of hydrogen-bond acceptors (Lipinski definition) is 10. The van der Waals surface area contributed by atoms with Gasteiger partial charge in [0, 0.05) is 24.1 Å². The van der Waals surface area contributed by atoms with Gasteiger partial charge in [-0.3, -0.25) is 0 Å². The molecule has 6 atom stereocenters. The predicted octanol–water partition coefficient (Wildman–Crippen LogP) is -0.342. The molecular formula is C20H22O10. The number of hydrogen-bond donors (Lipinski definition) is 7. The van der Waals surface area contributed by atoms with Gasteiger partial charge in [-0.25, -0.2) is 0 Å². The van der Waals surface area contributed by atoms with Crippen molar-refractivity contribution in [2.45, 2.75) is 43.2 Å². The Labute approximate surface area is 170 Å². The van der Waals surface area contributed by atoms with Crippen LogP contribution in [0, 0.1) is 0 Å². The maximum Gasteiger partial charge on any atom is 0.228 e. The second-order valence-corrected chi connectivity index (χ2v) is 7.35. The fourth-order valence-corrected chi connectivity index (χ4v) is 3.54. The number of aliphatic hydroxyl groups is 4. The van der Waals surface area contributed by atoms with Gasteiger partial charge in [0.05, 0.1) is 12.7 Å². The van der Waals surface area contributed by atoms with Crippen LogP contribution in [0.15, 0.2) is 30.3 Å². The summed E-state index contributed by atoms with van der Waals surface area (Å²) < 4.78 is 16.5. The molecule has 10 heteroatoms. The molecule has 1 saturated heterocycles. The molecule has 162 valence electrons. The Morgan fingerprint density at radius 1 is 0.833 bits per heavy atom. The van der Waals surface area contributed by atoms with E-state index in [1.165, 1.54) is 30.3 Å². The van der Waals surface area contributed by atoms with Crippen molar-refractivity contribution in [3.05, 3.63) is 41.5 Å². The van der Waals surface area contributed by atoms with E-state index in [2.05, 4.69) is 0 Å². The van der Waals surface area contributed by atoms with Crippen molar-refractivity contribution >= 4 is 0 Å². The second kappa shape index (κ2) is 7.82. The molecule has 0 unspecified atom stereocenters. The first-order chi connectivity index (χ1) is 14.2. The molecule has 2 heterocycles. The quantitative estimate of drug-likeness (QED) is 0.325. The van der Waals surface area contributed by atoms with Gasteiger partial charge in [-0.15, -0.1) is 0 Å². The molecule has 0 aromatic heterocycles. The van der Waals surface area contributed by atoms with E-state index in [0.717, 1.165) is 0 Å². The van der Waals surface area contributed by atoms with Crippen molar-refractivity contribution in [1.29, 1.82) is 0 Å². The molecule has 7 N–H and O–H groups in total. The molecule has 10 nitrogen and oxygen atoms in total. The topological polar surface area (TPSA) is 169 Å². The van der Waals surface area contributed by atoms with Gasteiger partial charge in [-0.2, -0.15) is 0 Å². The van der Waals surface area contributed by atoms with Crippen LogP contribution in [0.4, 0.5) is 0 Å². The van der Waals surface area contributed by atoms with Crippen molar-refractivity contribution in [2.24, 2.45) is 0 Å². The number of rotatable bonds is 3. The van der Waals surface area contributed by atoms with Crippen LogP contribution in [-0.2, 0) is 11.2 Å². The van der Waals surface area contributed by atoms with E-state index in [1.807, 2.05) is 0 Å². The van der Waals surface area contributed by atoms with Crippen molar-refractivity contribution < 1.29 is 50.0 Å². The zero-order chi connectivity index (χ0) is 21.6. The van der Waals surface area contributed by atoms with Crippen LogP contribution in [0.5, 0.6) is 28.7 Å². The summed E-state index contributed by atoms with van der Waals surface area (Å²) in [5.41, 5.74) is 0.757. The van der Waals surface area contributed by atoms with Gasteiger partial charge in [0.2, 0.25) is 6.29 Å². The lowest BCUT2D eigenvalue weighted by atomic mass is 9.94. The summed E-state index contributed by atoms with van der Waals surface area (Å²) in [5.74, 6) is -0.602. The SMILES string of the molecule is Oc1ccc([C@@H]2Oc3cc(O[C@@H]4OC[C@@H](O)[C@@H](O)[C@H]4O)cc(O)c3C[C@@H]2O)cc1O. The normalized spacial score (nSPS) is 30.9. The van der Waals surface area contributed by atoms with Gasteiger partial charge in [-0.05, 0) is 17.7 Å². The van der Waals surface area contributed by atoms with Crippen LogP contribution in [0.25, 0.3) is 0 Å². The summed E-state index contributed by atoms with van der Waals surface area (Å²) in [6, 6.07) is 6.73. The highest BCUT2D eigenvalue weighted by atomic mass is 16.7. The minimum atomic E-state index is -1.51. The molecular weight excluding hydrogens is 400 g/mol. The number of phenolic OH excluding ortho intramolecular Hbond substituents is 3. The first-order valence-corrected chi connectivity index (χ1v) is 9.29. The number of phenols is 3. The Morgan fingerprint density at radius 3 is 2.33 bits per heavy atom. The Bertz CT molecular complexity index is 932. The molecule has 2 aromatic carbocycles. The van der Waals surface area contributed by atoms with E-state index in [1.54, 1.807) is 0 Å². The van der Waals surface area contributed by atoms with E-state index in [4.69, 9.17) is 14.2 Å². The maximum absolute atomic E-state index is 10.5. The highest BCUT2D eigenvalue weighted by Gasteiger charge is 2.39. The average molecular weight is 422 g/mol. The van der Waals surface area contributed by atoms with E-state index in [-0.39, 0.29) is 41.8 Å². The van der Waals surface area contributed by atoms with Gasteiger partial charge in [0.25, 0.3) is 0 Å². The van der Waals surface area contributed by atoms with Crippen LogP contribution in [0.2, 0.25) is 0 Å². The van der Waals surface area contributed by atoms with Gasteiger partial charge < -0.3 is 50.0 Å². The molecule has 0 aliphatic carbocycles. The van der Waals surface area contributed by atoms with Crippen molar-refractivity contribution in [3.8, 4) is 28.7 Å². The fourth-order valence-electron chi connectivity index (χ4n) is 3.54. The molecule has 30 heavy (non-hydrogen) atoms. The zero-order valence-electron chi connectivity index (χ0n) is 15.6. The highest BCUT2D eigenvalue weighted by Crippen LogP contribution is 2.43. The number of ether oxygens (including phenoxy) is 3. The standard InChI is InChI=1S/C20H22O10/c21-11-2-1-8(3-13(11)23)19-14(24)6-10-12(22)4-9(5-16(10)30-19)29-20-18(27)17(26)15(25)7-28-20/h1-5,14-15,17-27H,6-7H2/t14-,15+,17+,18+,19-,20-/m0/s1. The van der Waals surface area contributed by atoms with E-state index >= 15 is 0 Å². The smallest absolute Gasteiger partial charge is 0.228 e. The number of benzene rings is 2. The molecule has 2 aliphatic heterocycles. The van der Waals surface area contributed by atoms with E-state index in [9.17, 15) is 35.7 Å². The molecule has 4 rings (SSSR count). The van der Waals surface area contributed by atoms with Crippen LogP contribution in [0.3, 0.4) is 0 Å². The molecule has 2 aliphatic rings. The fraction of sp³-hybridized carbons (Fsp3) is 0.400. The Kier molecular flexibility index (Phi) is 5.35. The third-order valence-corrected chi connectivity index (χ3v) is 5.21. The van der Waals surface area contributed by atoms with Crippen molar-refractivity contribution in [3.63, 3.8) is 0 Å². The molecule has 0 radical (unpaired) electrons. The van der Waals surface area contributed by atoms with Gasteiger partial charge >= 0.3 is 0 Å². The molecule has 1 fully saturated rings. The summed E-state index contributed by atoms with van der Waals surface area (Å²) in [5, 5.41) is 69.3. The van der Waals surface area contributed by atoms with E-state index in [0.29, 0.717) is 11.1 Å². The molecule has 2 aromatic rings. The number of aliphatic hydroxyl groups excluding tert-OH is 4. The Hall–Kier alpha value is -2.76. The number of aromatic hydroxyl groups is 3. The summed E-state index contributed by atoms with van der Waals surface area (Å²) in [6.07, 6.45) is -7.34. The molecule has 0 amide bonds. The van der Waals surface area contributed by atoms with Gasteiger partial charge in [0.15, 0.2) is 11.5 Å². The predicted molar refractivity (Wildman–Crippen MR) is 99.3 cm³/mol. The highest BCUT2D eigenvalue weighted by molar-refractivity contribution is 5.52. The van der Waals surface area contributed by atoms with Crippen LogP contribution >= 0.6 is 0 Å². The molecule has 0 saturated carbocycles. The third-order valence-electron chi connectivity index (χ3n) is 5.21. The summed E-state index contributed by atoms with van der Waals surface area (Å²) in [7, 11) is 0. The lowest BCUT2D eigenvalue weighted by Crippen LogP contribution is -2.54. The van der Waals surface area contributed by atoms with Crippen molar-refractivity contribution in [2.75, 3.05) is 6.61 Å². The number of fused-ring (bicyclic) bond motifs is 1. The van der Waals surface area contributed by atoms with Crippen LogP contribution in [-0.4, -0.2) is 73.1 Å². The second-order valence-electron chi connectivity index (χ2n) is 7.35. The molecule has 0 spiro atoms. The lowest BCUT2D eigenvalue weighted by molar-refractivity contribution is -0.242. The minimum absolute atomic E-state index is 0.0568. The Morgan fingerprint density at radius 2 is 1.60 bits per heavy atom. The van der Waals surface area contributed by atoms with E-state index < -0.39 is 36.8 Å². The third kappa shape index (κ3) is 3.71. The maximum atomic E-state index is 10.5. The lowest BCUT2D eigenvalue weighted by Gasteiger charge is -2.35.